The number of nitrogens with zero attached hydrogens (tertiary/aromatic N) is 1. The molecule has 1 fully saturated rings. The Morgan fingerprint density at radius 2 is 1.70 bits per heavy atom. The van der Waals surface area contributed by atoms with E-state index in [1.54, 1.807) is 6.92 Å². The number of para-hydroxylation sites is 3. The zero-order valence-corrected chi connectivity index (χ0v) is 13.4. The molecule has 1 aliphatic rings. The van der Waals surface area contributed by atoms with Crippen LogP contribution in [0.15, 0.2) is 54.6 Å². The lowest BCUT2D eigenvalue weighted by molar-refractivity contribution is -0.122. The van der Waals surface area contributed by atoms with Crippen LogP contribution in [0.25, 0.3) is 0 Å². The fourth-order valence-corrected chi connectivity index (χ4v) is 2.80. The molecule has 2 aromatic rings. The van der Waals surface area contributed by atoms with E-state index in [2.05, 4.69) is 16.3 Å². The van der Waals surface area contributed by atoms with Crippen molar-refractivity contribution < 1.29 is 9.53 Å². The van der Waals surface area contributed by atoms with Crippen LogP contribution in [-0.4, -0.2) is 25.1 Å². The lowest BCUT2D eigenvalue weighted by atomic mass is 10.2. The van der Waals surface area contributed by atoms with Gasteiger partial charge in [0.15, 0.2) is 6.10 Å². The fourth-order valence-electron chi connectivity index (χ4n) is 2.80. The SMILES string of the molecule is CC(Oc1ccccc1)C(=O)Nc1ccccc1N1CCCC1. The van der Waals surface area contributed by atoms with Gasteiger partial charge in [0.2, 0.25) is 0 Å². The van der Waals surface area contributed by atoms with Gasteiger partial charge in [-0.2, -0.15) is 0 Å². The van der Waals surface area contributed by atoms with Crippen LogP contribution in [0.1, 0.15) is 19.8 Å². The van der Waals surface area contributed by atoms with E-state index in [0.717, 1.165) is 24.5 Å². The van der Waals surface area contributed by atoms with Crippen LogP contribution in [0.5, 0.6) is 5.75 Å². The molecular weight excluding hydrogens is 288 g/mol. The van der Waals surface area contributed by atoms with Crippen LogP contribution in [0.2, 0.25) is 0 Å². The van der Waals surface area contributed by atoms with Gasteiger partial charge in [0, 0.05) is 13.1 Å². The highest BCUT2D eigenvalue weighted by atomic mass is 16.5. The van der Waals surface area contributed by atoms with Crippen molar-refractivity contribution >= 4 is 17.3 Å². The van der Waals surface area contributed by atoms with Gasteiger partial charge in [0.25, 0.3) is 5.91 Å². The van der Waals surface area contributed by atoms with Gasteiger partial charge in [0.1, 0.15) is 5.75 Å². The lowest BCUT2D eigenvalue weighted by Gasteiger charge is -2.22. The second-order valence-corrected chi connectivity index (χ2v) is 5.77. The number of hydrogen-bond acceptors (Lipinski definition) is 3. The highest BCUT2D eigenvalue weighted by Crippen LogP contribution is 2.28. The van der Waals surface area contributed by atoms with E-state index in [1.807, 2.05) is 48.5 Å². The number of hydrogen-bond donors (Lipinski definition) is 1. The first-order valence-electron chi connectivity index (χ1n) is 8.10. The molecule has 0 saturated carbocycles. The number of anilines is 2. The summed E-state index contributed by atoms with van der Waals surface area (Å²) < 4.78 is 5.69. The Labute approximate surface area is 137 Å². The molecule has 0 bridgehead atoms. The summed E-state index contributed by atoms with van der Waals surface area (Å²) in [5, 5.41) is 3.00. The third-order valence-electron chi connectivity index (χ3n) is 4.03. The van der Waals surface area contributed by atoms with Crippen molar-refractivity contribution in [3.63, 3.8) is 0 Å². The highest BCUT2D eigenvalue weighted by molar-refractivity contribution is 5.97. The first-order chi connectivity index (χ1) is 11.2. The number of nitrogens with one attached hydrogen (secondary N) is 1. The largest absolute Gasteiger partial charge is 0.481 e. The Morgan fingerprint density at radius 3 is 2.43 bits per heavy atom. The van der Waals surface area contributed by atoms with E-state index < -0.39 is 6.10 Å². The quantitative estimate of drug-likeness (QED) is 0.915. The topological polar surface area (TPSA) is 41.6 Å². The normalized spacial score (nSPS) is 15.3. The first kappa shape index (κ1) is 15.4. The van der Waals surface area contributed by atoms with Gasteiger partial charge in [-0.25, -0.2) is 0 Å². The highest BCUT2D eigenvalue weighted by Gasteiger charge is 2.19. The summed E-state index contributed by atoms with van der Waals surface area (Å²) in [7, 11) is 0. The van der Waals surface area contributed by atoms with E-state index >= 15 is 0 Å². The van der Waals surface area contributed by atoms with Gasteiger partial charge in [0.05, 0.1) is 11.4 Å². The van der Waals surface area contributed by atoms with Crippen molar-refractivity contribution in [1.29, 1.82) is 0 Å². The second-order valence-electron chi connectivity index (χ2n) is 5.77. The zero-order chi connectivity index (χ0) is 16.1. The molecule has 0 spiro atoms. The van der Waals surface area contributed by atoms with E-state index in [9.17, 15) is 4.79 Å². The molecular formula is C19H22N2O2. The maximum absolute atomic E-state index is 12.4. The van der Waals surface area contributed by atoms with Crippen LogP contribution in [0.3, 0.4) is 0 Å². The molecule has 1 N–H and O–H groups in total. The van der Waals surface area contributed by atoms with Gasteiger partial charge in [-0.1, -0.05) is 30.3 Å². The molecule has 1 aliphatic heterocycles. The molecule has 1 heterocycles. The molecule has 0 aliphatic carbocycles. The summed E-state index contributed by atoms with van der Waals surface area (Å²) in [5.74, 6) is 0.559. The third kappa shape index (κ3) is 3.83. The van der Waals surface area contributed by atoms with Gasteiger partial charge in [-0.05, 0) is 44.0 Å². The van der Waals surface area contributed by atoms with Gasteiger partial charge < -0.3 is 15.0 Å². The number of amides is 1. The minimum Gasteiger partial charge on any atom is -0.481 e. The lowest BCUT2D eigenvalue weighted by Crippen LogP contribution is -2.31. The van der Waals surface area contributed by atoms with Crippen molar-refractivity contribution in [2.24, 2.45) is 0 Å². The van der Waals surface area contributed by atoms with Crippen molar-refractivity contribution in [3.8, 4) is 5.75 Å². The summed E-state index contributed by atoms with van der Waals surface area (Å²) in [5.41, 5.74) is 1.94. The molecule has 0 radical (unpaired) electrons. The standard InChI is InChI=1S/C19H22N2O2/c1-15(23-16-9-3-2-4-10-16)19(22)20-17-11-5-6-12-18(17)21-13-7-8-14-21/h2-6,9-12,15H,7-8,13-14H2,1H3,(H,20,22). The van der Waals surface area contributed by atoms with Crippen LogP contribution < -0.4 is 15.0 Å². The van der Waals surface area contributed by atoms with Crippen molar-refractivity contribution in [3.05, 3.63) is 54.6 Å². The molecule has 1 amide bonds. The molecule has 1 saturated heterocycles. The second kappa shape index (κ2) is 7.18. The van der Waals surface area contributed by atoms with E-state index in [4.69, 9.17) is 4.74 Å². The van der Waals surface area contributed by atoms with Crippen molar-refractivity contribution in [2.45, 2.75) is 25.9 Å². The number of rotatable bonds is 5. The van der Waals surface area contributed by atoms with Crippen molar-refractivity contribution in [2.75, 3.05) is 23.3 Å². The summed E-state index contributed by atoms with van der Waals surface area (Å²) in [6, 6.07) is 17.4. The molecule has 2 aromatic carbocycles. The minimum atomic E-state index is -0.552. The molecule has 3 rings (SSSR count). The molecule has 1 atom stereocenters. The summed E-state index contributed by atoms with van der Waals surface area (Å²) in [6.07, 6.45) is 1.86. The molecule has 4 heteroatoms. The molecule has 1 unspecified atom stereocenters. The Kier molecular flexibility index (Phi) is 4.81. The first-order valence-corrected chi connectivity index (χ1v) is 8.10. The van der Waals surface area contributed by atoms with Crippen LogP contribution >= 0.6 is 0 Å². The summed E-state index contributed by atoms with van der Waals surface area (Å²) in [4.78, 5) is 14.7. The molecule has 4 nitrogen and oxygen atoms in total. The Hall–Kier alpha value is -2.49. The average Bonchev–Trinajstić information content (AvgIpc) is 3.10. The van der Waals surface area contributed by atoms with Gasteiger partial charge in [-0.3, -0.25) is 4.79 Å². The van der Waals surface area contributed by atoms with E-state index in [0.29, 0.717) is 5.75 Å². The fraction of sp³-hybridized carbons (Fsp3) is 0.316. The predicted molar refractivity (Wildman–Crippen MR) is 93.1 cm³/mol. The predicted octanol–water partition coefficient (Wildman–Crippen LogP) is 3.69. The minimum absolute atomic E-state index is 0.138. The Balaban J connectivity index is 1.68. The zero-order valence-electron chi connectivity index (χ0n) is 13.4. The van der Waals surface area contributed by atoms with Gasteiger partial charge >= 0.3 is 0 Å². The van der Waals surface area contributed by atoms with E-state index in [1.165, 1.54) is 12.8 Å². The number of carbonyl (C=O) groups is 1. The molecule has 23 heavy (non-hydrogen) atoms. The monoisotopic (exact) mass is 310 g/mol. The van der Waals surface area contributed by atoms with Crippen LogP contribution in [0, 0.1) is 0 Å². The van der Waals surface area contributed by atoms with Gasteiger partial charge in [-0.15, -0.1) is 0 Å². The number of ether oxygens (including phenoxy) is 1. The maximum Gasteiger partial charge on any atom is 0.265 e. The summed E-state index contributed by atoms with van der Waals surface area (Å²) in [6.45, 7) is 3.85. The van der Waals surface area contributed by atoms with E-state index in [-0.39, 0.29) is 5.91 Å². The maximum atomic E-state index is 12.4. The molecule has 0 aromatic heterocycles. The summed E-state index contributed by atoms with van der Waals surface area (Å²) >= 11 is 0. The number of carbonyl (C=O) groups excluding carboxylic acids is 1. The Bertz CT molecular complexity index is 651. The van der Waals surface area contributed by atoms with Crippen LogP contribution in [-0.2, 0) is 4.79 Å². The Morgan fingerprint density at radius 1 is 1.04 bits per heavy atom. The smallest absolute Gasteiger partial charge is 0.265 e. The average molecular weight is 310 g/mol. The van der Waals surface area contributed by atoms with Crippen molar-refractivity contribution in [1.82, 2.24) is 0 Å². The van der Waals surface area contributed by atoms with Crippen LogP contribution in [0.4, 0.5) is 11.4 Å². The number of benzene rings is 2. The molecule has 120 valence electrons. The third-order valence-corrected chi connectivity index (χ3v) is 4.03.